The molecule has 3 rings (SSSR count). The second kappa shape index (κ2) is 8.12. The number of pyridine rings is 1. The molecule has 138 valence electrons. The molecule has 1 N–H and O–H groups in total. The predicted molar refractivity (Wildman–Crippen MR) is 94.4 cm³/mol. The van der Waals surface area contributed by atoms with Crippen LogP contribution < -0.4 is 15.0 Å². The van der Waals surface area contributed by atoms with Crippen molar-refractivity contribution in [3.8, 4) is 5.75 Å². The standard InChI is InChI=1S/C19H21F2N3O2/c1-26-15-8-7-14(20)18(21)17(15)19(25)23-11-13-5-4-10-24(12-13)16-6-2-3-9-22-16/h2-3,6-9,13H,4-5,10-12H2,1H3,(H,23,25)/t13-/m0/s1. The van der Waals surface area contributed by atoms with Crippen LogP contribution in [-0.2, 0) is 0 Å². The van der Waals surface area contributed by atoms with Gasteiger partial charge in [0.05, 0.1) is 7.11 Å². The van der Waals surface area contributed by atoms with Gasteiger partial charge in [0.2, 0.25) is 0 Å². The van der Waals surface area contributed by atoms with Gasteiger partial charge in [-0.2, -0.15) is 0 Å². The summed E-state index contributed by atoms with van der Waals surface area (Å²) in [5, 5.41) is 2.71. The number of anilines is 1. The fraction of sp³-hybridized carbons (Fsp3) is 0.368. The third-order valence-corrected chi connectivity index (χ3v) is 4.55. The van der Waals surface area contributed by atoms with Gasteiger partial charge in [-0.3, -0.25) is 4.79 Å². The van der Waals surface area contributed by atoms with Crippen molar-refractivity contribution >= 4 is 11.7 Å². The van der Waals surface area contributed by atoms with E-state index in [0.717, 1.165) is 37.8 Å². The zero-order valence-corrected chi connectivity index (χ0v) is 14.5. The van der Waals surface area contributed by atoms with E-state index in [9.17, 15) is 13.6 Å². The highest BCUT2D eigenvalue weighted by Crippen LogP contribution is 2.24. The summed E-state index contributed by atoms with van der Waals surface area (Å²) in [5.41, 5.74) is -0.398. The lowest BCUT2D eigenvalue weighted by molar-refractivity contribution is 0.0937. The Hall–Kier alpha value is -2.70. The van der Waals surface area contributed by atoms with E-state index in [-0.39, 0.29) is 11.7 Å². The average Bonchev–Trinajstić information content (AvgIpc) is 2.69. The third kappa shape index (κ3) is 3.92. The maximum Gasteiger partial charge on any atom is 0.258 e. The number of hydrogen-bond donors (Lipinski definition) is 1. The van der Waals surface area contributed by atoms with E-state index >= 15 is 0 Å². The van der Waals surface area contributed by atoms with E-state index < -0.39 is 23.1 Å². The van der Waals surface area contributed by atoms with Crippen LogP contribution in [0.4, 0.5) is 14.6 Å². The molecule has 0 spiro atoms. The van der Waals surface area contributed by atoms with Crippen LogP contribution in [0.5, 0.6) is 5.75 Å². The second-order valence-electron chi connectivity index (χ2n) is 6.29. The molecule has 2 aromatic rings. The lowest BCUT2D eigenvalue weighted by Crippen LogP contribution is -2.41. The first-order chi connectivity index (χ1) is 12.6. The topological polar surface area (TPSA) is 54.5 Å². The zero-order chi connectivity index (χ0) is 18.5. The Bertz CT molecular complexity index is 771. The minimum absolute atomic E-state index is 0.0140. The number of nitrogens with zero attached hydrogens (tertiary/aromatic N) is 2. The molecule has 0 unspecified atom stereocenters. The number of nitrogens with one attached hydrogen (secondary N) is 1. The van der Waals surface area contributed by atoms with Crippen molar-refractivity contribution in [2.45, 2.75) is 12.8 Å². The van der Waals surface area contributed by atoms with Crippen LogP contribution in [0.1, 0.15) is 23.2 Å². The number of carbonyl (C=O) groups is 1. The molecule has 1 amide bonds. The van der Waals surface area contributed by atoms with Gasteiger partial charge >= 0.3 is 0 Å². The number of carbonyl (C=O) groups excluding carboxylic acids is 1. The van der Waals surface area contributed by atoms with Gasteiger partial charge in [0.15, 0.2) is 11.6 Å². The maximum absolute atomic E-state index is 14.0. The molecule has 1 atom stereocenters. The maximum atomic E-state index is 14.0. The van der Waals surface area contributed by atoms with Crippen molar-refractivity contribution < 1.29 is 18.3 Å². The number of benzene rings is 1. The van der Waals surface area contributed by atoms with Gasteiger partial charge in [0.25, 0.3) is 5.91 Å². The van der Waals surface area contributed by atoms with Crippen molar-refractivity contribution in [3.63, 3.8) is 0 Å². The molecule has 1 aromatic heterocycles. The first kappa shape index (κ1) is 18.1. The Balaban J connectivity index is 1.64. The highest BCUT2D eigenvalue weighted by Gasteiger charge is 2.24. The van der Waals surface area contributed by atoms with E-state index in [1.165, 1.54) is 13.2 Å². The molecule has 0 saturated carbocycles. The van der Waals surface area contributed by atoms with Crippen LogP contribution in [0, 0.1) is 17.6 Å². The molecule has 5 nitrogen and oxygen atoms in total. The predicted octanol–water partition coefficient (Wildman–Crippen LogP) is 3.01. The number of halogens is 2. The highest BCUT2D eigenvalue weighted by molar-refractivity contribution is 5.97. The summed E-state index contributed by atoms with van der Waals surface area (Å²) >= 11 is 0. The Morgan fingerprint density at radius 3 is 2.92 bits per heavy atom. The van der Waals surface area contributed by atoms with Gasteiger partial charge in [-0.05, 0) is 43.0 Å². The van der Waals surface area contributed by atoms with E-state index in [4.69, 9.17) is 4.74 Å². The van der Waals surface area contributed by atoms with E-state index in [2.05, 4.69) is 15.2 Å². The minimum Gasteiger partial charge on any atom is -0.496 e. The van der Waals surface area contributed by atoms with E-state index in [1.807, 2.05) is 18.2 Å². The molecule has 1 aliphatic rings. The molecule has 0 bridgehead atoms. The monoisotopic (exact) mass is 361 g/mol. The van der Waals surface area contributed by atoms with E-state index in [1.54, 1.807) is 6.20 Å². The van der Waals surface area contributed by atoms with Gasteiger partial charge in [0, 0.05) is 25.8 Å². The molecule has 2 heterocycles. The van der Waals surface area contributed by atoms with Crippen LogP contribution in [0.15, 0.2) is 36.5 Å². The lowest BCUT2D eigenvalue weighted by atomic mass is 9.97. The molecule has 1 fully saturated rings. The van der Waals surface area contributed by atoms with Crippen LogP contribution in [0.3, 0.4) is 0 Å². The molecule has 0 radical (unpaired) electrons. The van der Waals surface area contributed by atoms with Crippen LogP contribution in [0.25, 0.3) is 0 Å². The van der Waals surface area contributed by atoms with Gasteiger partial charge in [-0.15, -0.1) is 0 Å². The lowest BCUT2D eigenvalue weighted by Gasteiger charge is -2.33. The van der Waals surface area contributed by atoms with Crippen LogP contribution in [0.2, 0.25) is 0 Å². The number of rotatable bonds is 5. The molecule has 7 heteroatoms. The Labute approximate surface area is 151 Å². The molecule has 26 heavy (non-hydrogen) atoms. The van der Waals surface area contributed by atoms with E-state index in [0.29, 0.717) is 6.54 Å². The average molecular weight is 361 g/mol. The fourth-order valence-electron chi connectivity index (χ4n) is 3.22. The summed E-state index contributed by atoms with van der Waals surface area (Å²) in [6, 6.07) is 7.94. The molecular formula is C19H21F2N3O2. The molecular weight excluding hydrogens is 340 g/mol. The summed E-state index contributed by atoms with van der Waals surface area (Å²) in [6.45, 7) is 2.04. The Morgan fingerprint density at radius 2 is 2.19 bits per heavy atom. The first-order valence-corrected chi connectivity index (χ1v) is 8.56. The fourth-order valence-corrected chi connectivity index (χ4v) is 3.22. The van der Waals surface area contributed by atoms with Gasteiger partial charge in [0.1, 0.15) is 17.1 Å². The highest BCUT2D eigenvalue weighted by atomic mass is 19.2. The number of amides is 1. The summed E-state index contributed by atoms with van der Waals surface area (Å²) in [5.74, 6) is -1.82. The van der Waals surface area contributed by atoms with Crippen molar-refractivity contribution in [2.75, 3.05) is 31.6 Å². The molecule has 1 saturated heterocycles. The molecule has 1 aromatic carbocycles. The second-order valence-corrected chi connectivity index (χ2v) is 6.29. The number of ether oxygens (including phenoxy) is 1. The number of methoxy groups -OCH3 is 1. The quantitative estimate of drug-likeness (QED) is 0.890. The van der Waals surface area contributed by atoms with Crippen LogP contribution >= 0.6 is 0 Å². The number of hydrogen-bond acceptors (Lipinski definition) is 4. The normalized spacial score (nSPS) is 17.0. The summed E-state index contributed by atoms with van der Waals surface area (Å²) in [6.07, 6.45) is 3.68. The molecule has 0 aliphatic carbocycles. The summed E-state index contributed by atoms with van der Waals surface area (Å²) in [7, 11) is 1.31. The SMILES string of the molecule is COc1ccc(F)c(F)c1C(=O)NC[C@@H]1CCCN(c2ccccn2)C1. The summed E-state index contributed by atoms with van der Waals surface area (Å²) < 4.78 is 32.5. The Morgan fingerprint density at radius 1 is 1.35 bits per heavy atom. The minimum atomic E-state index is -1.19. The largest absolute Gasteiger partial charge is 0.496 e. The van der Waals surface area contributed by atoms with Crippen molar-refractivity contribution in [2.24, 2.45) is 5.92 Å². The zero-order valence-electron chi connectivity index (χ0n) is 14.5. The smallest absolute Gasteiger partial charge is 0.258 e. The van der Waals surface area contributed by atoms with Crippen molar-refractivity contribution in [1.82, 2.24) is 10.3 Å². The summed E-state index contributed by atoms with van der Waals surface area (Å²) in [4.78, 5) is 18.9. The third-order valence-electron chi connectivity index (χ3n) is 4.55. The van der Waals surface area contributed by atoms with Crippen LogP contribution in [-0.4, -0.2) is 37.6 Å². The van der Waals surface area contributed by atoms with Crippen molar-refractivity contribution in [3.05, 3.63) is 53.7 Å². The first-order valence-electron chi connectivity index (χ1n) is 8.56. The number of aromatic nitrogens is 1. The number of piperidine rings is 1. The van der Waals surface area contributed by atoms with Gasteiger partial charge in [-0.25, -0.2) is 13.8 Å². The van der Waals surface area contributed by atoms with Crippen molar-refractivity contribution in [1.29, 1.82) is 0 Å². The van der Waals surface area contributed by atoms with Gasteiger partial charge in [-0.1, -0.05) is 6.07 Å². The van der Waals surface area contributed by atoms with Gasteiger partial charge < -0.3 is 15.0 Å². The Kier molecular flexibility index (Phi) is 5.65. The molecule has 1 aliphatic heterocycles.